The van der Waals surface area contributed by atoms with Crippen molar-refractivity contribution in [3.63, 3.8) is 0 Å². The van der Waals surface area contributed by atoms with Crippen LogP contribution in [0.1, 0.15) is 44.1 Å². The van der Waals surface area contributed by atoms with Crippen molar-refractivity contribution in [1.29, 1.82) is 0 Å². The molecule has 2 N–H and O–H groups in total. The van der Waals surface area contributed by atoms with Gasteiger partial charge in [-0.3, -0.25) is 9.59 Å². The quantitative estimate of drug-likeness (QED) is 0.708. The van der Waals surface area contributed by atoms with Crippen molar-refractivity contribution in [3.8, 4) is 11.5 Å². The maximum absolute atomic E-state index is 12.1. The van der Waals surface area contributed by atoms with E-state index in [1.54, 1.807) is 14.2 Å². The molecule has 1 aromatic carbocycles. The highest BCUT2D eigenvalue weighted by Gasteiger charge is 2.38. The summed E-state index contributed by atoms with van der Waals surface area (Å²) in [6.07, 6.45) is 5.45. The molecule has 2 amide bonds. The van der Waals surface area contributed by atoms with Crippen molar-refractivity contribution in [2.75, 3.05) is 20.8 Å². The smallest absolute Gasteiger partial charge is 0.220 e. The van der Waals surface area contributed by atoms with Crippen LogP contribution in [0, 0.1) is 5.92 Å². The molecule has 1 aliphatic heterocycles. The first-order valence-electron chi connectivity index (χ1n) is 9.32. The van der Waals surface area contributed by atoms with Gasteiger partial charge < -0.3 is 20.1 Å². The number of amides is 2. The van der Waals surface area contributed by atoms with Gasteiger partial charge in [-0.05, 0) is 55.7 Å². The predicted octanol–water partition coefficient (Wildman–Crippen LogP) is 2.20. The van der Waals surface area contributed by atoms with E-state index in [0.29, 0.717) is 43.1 Å². The van der Waals surface area contributed by atoms with Gasteiger partial charge in [0, 0.05) is 24.9 Å². The number of rotatable bonds is 9. The third-order valence-corrected chi connectivity index (χ3v) is 5.34. The second kappa shape index (κ2) is 7.98. The SMILES string of the molecule is COc1ccc(C[C@@]2(CCC(=O)NCC3CC3)CCC(=O)N2)cc1OC. The Morgan fingerprint density at radius 1 is 1.27 bits per heavy atom. The molecule has 0 bridgehead atoms. The molecule has 1 aromatic rings. The van der Waals surface area contributed by atoms with E-state index in [9.17, 15) is 9.59 Å². The number of methoxy groups -OCH3 is 2. The van der Waals surface area contributed by atoms with Gasteiger partial charge >= 0.3 is 0 Å². The highest BCUT2D eigenvalue weighted by molar-refractivity contribution is 5.80. The average Bonchev–Trinajstić information content (AvgIpc) is 3.41. The molecule has 2 fully saturated rings. The van der Waals surface area contributed by atoms with Crippen LogP contribution in [0.15, 0.2) is 18.2 Å². The summed E-state index contributed by atoms with van der Waals surface area (Å²) >= 11 is 0. The molecule has 142 valence electrons. The predicted molar refractivity (Wildman–Crippen MR) is 98.3 cm³/mol. The fourth-order valence-electron chi connectivity index (χ4n) is 3.58. The third kappa shape index (κ3) is 4.68. The van der Waals surface area contributed by atoms with Gasteiger partial charge in [-0.1, -0.05) is 6.07 Å². The van der Waals surface area contributed by atoms with Crippen LogP contribution in [0.4, 0.5) is 0 Å². The molecule has 0 spiro atoms. The number of hydrogen-bond donors (Lipinski definition) is 2. The summed E-state index contributed by atoms with van der Waals surface area (Å²) in [6.45, 7) is 0.786. The molecular weight excluding hydrogens is 332 g/mol. The molecule has 0 radical (unpaired) electrons. The van der Waals surface area contributed by atoms with Crippen LogP contribution in [0.3, 0.4) is 0 Å². The number of nitrogens with one attached hydrogen (secondary N) is 2. The normalized spacial score (nSPS) is 22.0. The van der Waals surface area contributed by atoms with Crippen molar-refractivity contribution in [3.05, 3.63) is 23.8 Å². The summed E-state index contributed by atoms with van der Waals surface area (Å²) < 4.78 is 10.7. The Morgan fingerprint density at radius 3 is 2.65 bits per heavy atom. The van der Waals surface area contributed by atoms with Crippen molar-refractivity contribution in [2.45, 2.75) is 50.5 Å². The van der Waals surface area contributed by atoms with Crippen LogP contribution in [0.25, 0.3) is 0 Å². The Bertz CT molecular complexity index is 672. The van der Waals surface area contributed by atoms with Crippen LogP contribution < -0.4 is 20.1 Å². The van der Waals surface area contributed by atoms with Crippen molar-refractivity contribution < 1.29 is 19.1 Å². The Hall–Kier alpha value is -2.24. The van der Waals surface area contributed by atoms with E-state index in [0.717, 1.165) is 18.5 Å². The minimum absolute atomic E-state index is 0.0591. The van der Waals surface area contributed by atoms with E-state index in [-0.39, 0.29) is 17.4 Å². The zero-order valence-corrected chi connectivity index (χ0v) is 15.6. The maximum Gasteiger partial charge on any atom is 0.220 e. The second-order valence-corrected chi connectivity index (χ2v) is 7.44. The Labute approximate surface area is 154 Å². The average molecular weight is 360 g/mol. The van der Waals surface area contributed by atoms with Gasteiger partial charge in [0.05, 0.1) is 14.2 Å². The molecular formula is C20H28N2O4. The number of benzene rings is 1. The van der Waals surface area contributed by atoms with Crippen molar-refractivity contribution >= 4 is 11.8 Å². The standard InChI is InChI=1S/C20H28N2O4/c1-25-16-6-5-15(11-17(16)26-2)12-20(10-8-19(24)22-20)9-7-18(23)21-13-14-3-4-14/h5-6,11,14H,3-4,7-10,12-13H2,1-2H3,(H,21,23)(H,22,24)/t20-/m1/s1. The van der Waals surface area contributed by atoms with E-state index in [1.807, 2.05) is 18.2 Å². The number of hydrogen-bond acceptors (Lipinski definition) is 4. The molecule has 0 aromatic heterocycles. The first kappa shape index (κ1) is 18.5. The summed E-state index contributed by atoms with van der Waals surface area (Å²) in [4.78, 5) is 24.0. The number of ether oxygens (including phenoxy) is 2. The molecule has 1 heterocycles. The molecule has 3 rings (SSSR count). The highest BCUT2D eigenvalue weighted by atomic mass is 16.5. The number of carbonyl (C=O) groups is 2. The fraction of sp³-hybridized carbons (Fsp3) is 0.600. The zero-order chi connectivity index (χ0) is 18.6. The van der Waals surface area contributed by atoms with Gasteiger partial charge in [0.25, 0.3) is 0 Å². The zero-order valence-electron chi connectivity index (χ0n) is 15.6. The number of carbonyl (C=O) groups excluding carboxylic acids is 2. The summed E-state index contributed by atoms with van der Waals surface area (Å²) in [5.74, 6) is 2.16. The minimum atomic E-state index is -0.367. The van der Waals surface area contributed by atoms with Crippen LogP contribution in [-0.2, 0) is 16.0 Å². The molecule has 1 atom stereocenters. The maximum atomic E-state index is 12.1. The Morgan fingerprint density at radius 2 is 2.04 bits per heavy atom. The van der Waals surface area contributed by atoms with E-state index in [2.05, 4.69) is 10.6 Å². The minimum Gasteiger partial charge on any atom is -0.493 e. The summed E-state index contributed by atoms with van der Waals surface area (Å²) in [5.41, 5.74) is 0.691. The lowest BCUT2D eigenvalue weighted by atomic mass is 9.85. The van der Waals surface area contributed by atoms with E-state index >= 15 is 0 Å². The Balaban J connectivity index is 1.65. The van der Waals surface area contributed by atoms with Gasteiger partial charge in [-0.25, -0.2) is 0 Å². The third-order valence-electron chi connectivity index (χ3n) is 5.34. The second-order valence-electron chi connectivity index (χ2n) is 7.44. The lowest BCUT2D eigenvalue weighted by molar-refractivity contribution is -0.122. The van der Waals surface area contributed by atoms with Crippen LogP contribution >= 0.6 is 0 Å². The first-order chi connectivity index (χ1) is 12.5. The summed E-state index contributed by atoms with van der Waals surface area (Å²) in [5, 5.41) is 6.13. The van der Waals surface area contributed by atoms with Crippen LogP contribution in [0.5, 0.6) is 11.5 Å². The van der Waals surface area contributed by atoms with Gasteiger partial charge in [-0.15, -0.1) is 0 Å². The highest BCUT2D eigenvalue weighted by Crippen LogP contribution is 2.33. The molecule has 1 saturated carbocycles. The van der Waals surface area contributed by atoms with Crippen molar-refractivity contribution in [1.82, 2.24) is 10.6 Å². The lowest BCUT2D eigenvalue weighted by Crippen LogP contribution is -2.44. The molecule has 1 saturated heterocycles. The molecule has 26 heavy (non-hydrogen) atoms. The van der Waals surface area contributed by atoms with E-state index < -0.39 is 0 Å². The van der Waals surface area contributed by atoms with Gasteiger partial charge in [0.2, 0.25) is 11.8 Å². The first-order valence-corrected chi connectivity index (χ1v) is 9.32. The monoisotopic (exact) mass is 360 g/mol. The summed E-state index contributed by atoms with van der Waals surface area (Å²) in [6, 6.07) is 5.81. The Kier molecular flexibility index (Phi) is 5.69. The lowest BCUT2D eigenvalue weighted by Gasteiger charge is -2.29. The molecule has 0 unspecified atom stereocenters. The molecule has 2 aliphatic rings. The topological polar surface area (TPSA) is 76.7 Å². The largest absolute Gasteiger partial charge is 0.493 e. The molecule has 6 nitrogen and oxygen atoms in total. The van der Waals surface area contributed by atoms with Crippen LogP contribution in [-0.4, -0.2) is 38.1 Å². The summed E-state index contributed by atoms with van der Waals surface area (Å²) in [7, 11) is 3.22. The fourth-order valence-corrected chi connectivity index (χ4v) is 3.58. The molecule has 6 heteroatoms. The van der Waals surface area contributed by atoms with Gasteiger partial charge in [0.1, 0.15) is 0 Å². The van der Waals surface area contributed by atoms with Crippen LogP contribution in [0.2, 0.25) is 0 Å². The van der Waals surface area contributed by atoms with E-state index in [1.165, 1.54) is 12.8 Å². The van der Waals surface area contributed by atoms with E-state index in [4.69, 9.17) is 9.47 Å². The van der Waals surface area contributed by atoms with Gasteiger partial charge in [0.15, 0.2) is 11.5 Å². The van der Waals surface area contributed by atoms with Crippen molar-refractivity contribution in [2.24, 2.45) is 5.92 Å². The molecule has 1 aliphatic carbocycles. The van der Waals surface area contributed by atoms with Gasteiger partial charge in [-0.2, -0.15) is 0 Å².